The third-order valence-corrected chi connectivity index (χ3v) is 4.56. The molecule has 0 saturated carbocycles. The number of carbonyl (C=O) groups is 1. The van der Waals surface area contributed by atoms with Crippen LogP contribution < -0.4 is 5.32 Å². The Hall–Kier alpha value is -2.55. The Kier molecular flexibility index (Phi) is 4.93. The summed E-state index contributed by atoms with van der Waals surface area (Å²) in [6.07, 6.45) is 4.32. The minimum atomic E-state index is 0.0725. The Morgan fingerprint density at radius 1 is 1.04 bits per heavy atom. The molecular weight excluding hydrogens is 308 g/mol. The molecule has 3 aromatic rings. The van der Waals surface area contributed by atoms with Crippen molar-refractivity contribution in [2.75, 3.05) is 5.32 Å². The van der Waals surface area contributed by atoms with Gasteiger partial charge in [-0.25, -0.2) is 0 Å². The van der Waals surface area contributed by atoms with Crippen LogP contribution >= 0.6 is 0 Å². The normalized spacial score (nSPS) is 11.6. The molecule has 0 bridgehead atoms. The van der Waals surface area contributed by atoms with Crippen molar-refractivity contribution in [1.82, 2.24) is 4.98 Å². The molecule has 1 heterocycles. The molecule has 0 unspecified atom stereocenters. The fourth-order valence-corrected chi connectivity index (χ4v) is 3.05. The number of carbonyl (C=O) groups excluding carboxylic acids is 1. The maximum Gasteiger partial charge on any atom is 0.224 e. The quantitative estimate of drug-likeness (QED) is 0.642. The van der Waals surface area contributed by atoms with Crippen LogP contribution in [0, 0.1) is 0 Å². The number of para-hydroxylation sites is 1. The van der Waals surface area contributed by atoms with Gasteiger partial charge in [0.15, 0.2) is 0 Å². The first-order valence-electron chi connectivity index (χ1n) is 8.89. The zero-order valence-corrected chi connectivity index (χ0v) is 15.2. The molecule has 0 aliphatic rings. The number of anilines is 1. The first-order chi connectivity index (χ1) is 11.9. The zero-order chi connectivity index (χ0) is 17.9. The molecule has 0 atom stereocenters. The van der Waals surface area contributed by atoms with E-state index in [2.05, 4.69) is 55.3 Å². The number of aryl methyl sites for hydroxylation is 1. The summed E-state index contributed by atoms with van der Waals surface area (Å²) in [6, 6.07) is 16.4. The predicted octanol–water partition coefficient (Wildman–Crippen LogP) is 5.43. The summed E-state index contributed by atoms with van der Waals surface area (Å²) in [6.45, 7) is 6.56. The van der Waals surface area contributed by atoms with Gasteiger partial charge in [-0.2, -0.15) is 0 Å². The van der Waals surface area contributed by atoms with E-state index in [1.807, 2.05) is 30.5 Å². The molecule has 2 aromatic carbocycles. The Morgan fingerprint density at radius 2 is 1.76 bits per heavy atom. The Balaban J connectivity index is 1.51. The summed E-state index contributed by atoms with van der Waals surface area (Å²) in [5.41, 5.74) is 4.69. The molecule has 3 rings (SSSR count). The van der Waals surface area contributed by atoms with E-state index >= 15 is 0 Å². The van der Waals surface area contributed by atoms with Gasteiger partial charge in [-0.1, -0.05) is 51.1 Å². The average molecular weight is 334 g/mol. The third kappa shape index (κ3) is 4.30. The molecule has 1 aromatic heterocycles. The highest BCUT2D eigenvalue weighted by Gasteiger charge is 2.13. The van der Waals surface area contributed by atoms with E-state index in [-0.39, 0.29) is 11.3 Å². The fourth-order valence-electron chi connectivity index (χ4n) is 3.05. The van der Waals surface area contributed by atoms with Gasteiger partial charge in [0, 0.05) is 29.2 Å². The lowest BCUT2D eigenvalue weighted by Crippen LogP contribution is -2.13. The fraction of sp³-hybridized carbons (Fsp3) is 0.318. The topological polar surface area (TPSA) is 44.9 Å². The number of aromatic nitrogens is 1. The molecular formula is C22H26N2O. The van der Waals surface area contributed by atoms with Gasteiger partial charge in [-0.3, -0.25) is 4.79 Å². The Bertz CT molecular complexity index is 854. The molecule has 130 valence electrons. The largest absolute Gasteiger partial charge is 0.361 e. The number of rotatable bonds is 5. The highest BCUT2D eigenvalue weighted by molar-refractivity contribution is 5.90. The highest BCUT2D eigenvalue weighted by Crippen LogP contribution is 2.24. The van der Waals surface area contributed by atoms with Crippen molar-refractivity contribution in [2.24, 2.45) is 0 Å². The molecule has 0 aliphatic carbocycles. The zero-order valence-electron chi connectivity index (χ0n) is 15.2. The van der Waals surface area contributed by atoms with Crippen molar-refractivity contribution < 1.29 is 4.79 Å². The number of hydrogen-bond donors (Lipinski definition) is 2. The smallest absolute Gasteiger partial charge is 0.224 e. The van der Waals surface area contributed by atoms with E-state index in [4.69, 9.17) is 0 Å². The molecule has 25 heavy (non-hydrogen) atoms. The van der Waals surface area contributed by atoms with Crippen molar-refractivity contribution in [1.29, 1.82) is 0 Å². The van der Waals surface area contributed by atoms with Gasteiger partial charge >= 0.3 is 0 Å². The summed E-state index contributed by atoms with van der Waals surface area (Å²) >= 11 is 0. The number of H-pyrrole nitrogens is 1. The highest BCUT2D eigenvalue weighted by atomic mass is 16.1. The second kappa shape index (κ2) is 7.14. The number of fused-ring (bicyclic) bond motifs is 1. The second-order valence-corrected chi connectivity index (χ2v) is 7.59. The van der Waals surface area contributed by atoms with E-state index in [1.165, 1.54) is 16.5 Å². The average Bonchev–Trinajstić information content (AvgIpc) is 2.98. The summed E-state index contributed by atoms with van der Waals surface area (Å²) in [7, 11) is 0. The van der Waals surface area contributed by atoms with Gasteiger partial charge < -0.3 is 10.3 Å². The van der Waals surface area contributed by atoms with E-state index in [0.29, 0.717) is 6.42 Å². The van der Waals surface area contributed by atoms with E-state index in [1.54, 1.807) is 0 Å². The summed E-state index contributed by atoms with van der Waals surface area (Å²) < 4.78 is 0. The van der Waals surface area contributed by atoms with E-state index < -0.39 is 0 Å². The molecule has 0 fully saturated rings. The number of amides is 1. The first kappa shape index (κ1) is 17.3. The van der Waals surface area contributed by atoms with Gasteiger partial charge in [0.2, 0.25) is 5.91 Å². The van der Waals surface area contributed by atoms with Crippen LogP contribution in [0.3, 0.4) is 0 Å². The van der Waals surface area contributed by atoms with Crippen molar-refractivity contribution >= 4 is 22.5 Å². The van der Waals surface area contributed by atoms with Crippen LogP contribution in [-0.2, 0) is 16.6 Å². The van der Waals surface area contributed by atoms with Crippen molar-refractivity contribution in [3.8, 4) is 0 Å². The van der Waals surface area contributed by atoms with Crippen LogP contribution in [0.4, 0.5) is 5.69 Å². The third-order valence-electron chi connectivity index (χ3n) is 4.56. The van der Waals surface area contributed by atoms with E-state index in [9.17, 15) is 4.79 Å². The van der Waals surface area contributed by atoms with Gasteiger partial charge in [0.1, 0.15) is 0 Å². The lowest BCUT2D eigenvalue weighted by Gasteiger charge is -2.19. The molecule has 3 heteroatoms. The SMILES string of the molecule is CC(C)(C)c1ccc(NC(=O)CCCc2c[nH]c3ccccc23)cc1. The van der Waals surface area contributed by atoms with Gasteiger partial charge in [-0.05, 0) is 47.6 Å². The van der Waals surface area contributed by atoms with Gasteiger partial charge in [-0.15, -0.1) is 0 Å². The minimum Gasteiger partial charge on any atom is -0.361 e. The molecule has 3 nitrogen and oxygen atoms in total. The van der Waals surface area contributed by atoms with Gasteiger partial charge in [0.05, 0.1) is 0 Å². The first-order valence-corrected chi connectivity index (χ1v) is 8.89. The standard InChI is InChI=1S/C22H26N2O/c1-22(2,3)17-11-13-18(14-12-17)24-21(25)10-6-7-16-15-23-20-9-5-4-8-19(16)20/h4-5,8-9,11-15,23H,6-7,10H2,1-3H3,(H,24,25). The van der Waals surface area contributed by atoms with Crippen molar-refractivity contribution in [2.45, 2.75) is 45.4 Å². The Morgan fingerprint density at radius 3 is 2.48 bits per heavy atom. The van der Waals surface area contributed by atoms with Crippen LogP contribution in [0.1, 0.15) is 44.7 Å². The number of hydrogen-bond acceptors (Lipinski definition) is 1. The number of nitrogens with one attached hydrogen (secondary N) is 2. The summed E-state index contributed by atoms with van der Waals surface area (Å²) in [4.78, 5) is 15.5. The van der Waals surface area contributed by atoms with Crippen LogP contribution in [-0.4, -0.2) is 10.9 Å². The number of benzene rings is 2. The summed E-state index contributed by atoms with van der Waals surface area (Å²) in [5.74, 6) is 0.0725. The predicted molar refractivity (Wildman–Crippen MR) is 105 cm³/mol. The van der Waals surface area contributed by atoms with Crippen molar-refractivity contribution in [3.63, 3.8) is 0 Å². The molecule has 0 saturated heterocycles. The second-order valence-electron chi connectivity index (χ2n) is 7.59. The molecule has 0 aliphatic heterocycles. The Labute approximate surface area is 149 Å². The van der Waals surface area contributed by atoms with Crippen LogP contribution in [0.25, 0.3) is 10.9 Å². The lowest BCUT2D eigenvalue weighted by molar-refractivity contribution is -0.116. The molecule has 0 spiro atoms. The molecule has 1 amide bonds. The number of aromatic amines is 1. The maximum absolute atomic E-state index is 12.2. The monoisotopic (exact) mass is 334 g/mol. The van der Waals surface area contributed by atoms with Gasteiger partial charge in [0.25, 0.3) is 0 Å². The van der Waals surface area contributed by atoms with Crippen LogP contribution in [0.5, 0.6) is 0 Å². The van der Waals surface area contributed by atoms with Crippen LogP contribution in [0.15, 0.2) is 54.7 Å². The molecule has 0 radical (unpaired) electrons. The molecule has 2 N–H and O–H groups in total. The van der Waals surface area contributed by atoms with Crippen LogP contribution in [0.2, 0.25) is 0 Å². The minimum absolute atomic E-state index is 0.0725. The van der Waals surface area contributed by atoms with E-state index in [0.717, 1.165) is 24.0 Å². The lowest BCUT2D eigenvalue weighted by atomic mass is 9.87. The summed E-state index contributed by atoms with van der Waals surface area (Å²) in [5, 5.41) is 4.24. The van der Waals surface area contributed by atoms with Crippen molar-refractivity contribution in [3.05, 3.63) is 65.9 Å². The maximum atomic E-state index is 12.2.